The van der Waals surface area contributed by atoms with E-state index in [-0.39, 0.29) is 11.8 Å². The molecule has 148 valence electrons. The van der Waals surface area contributed by atoms with Crippen LogP contribution in [0.1, 0.15) is 38.1 Å². The first-order valence-corrected chi connectivity index (χ1v) is 10.0. The molecule has 1 amide bonds. The molecule has 0 unspecified atom stereocenters. The Morgan fingerprint density at radius 3 is 2.57 bits per heavy atom. The van der Waals surface area contributed by atoms with Crippen molar-refractivity contribution in [2.75, 3.05) is 13.7 Å². The van der Waals surface area contributed by atoms with E-state index in [2.05, 4.69) is 35.9 Å². The summed E-state index contributed by atoms with van der Waals surface area (Å²) in [5.74, 6) is 2.06. The number of aromatic nitrogens is 2. The average molecular weight is 380 g/mol. The van der Waals surface area contributed by atoms with E-state index < -0.39 is 0 Å². The zero-order chi connectivity index (χ0) is 19.9. The monoisotopic (exact) mass is 379 g/mol. The lowest BCUT2D eigenvalue weighted by atomic mass is 10.0. The second-order valence-corrected chi connectivity index (χ2v) is 6.97. The largest absolute Gasteiger partial charge is 0.496 e. The summed E-state index contributed by atoms with van der Waals surface area (Å²) in [6, 6.07) is 16.2. The number of ether oxygens (including phenoxy) is 1. The number of nitrogens with zero attached hydrogens (tertiary/aromatic N) is 2. The topological polar surface area (TPSA) is 56.2 Å². The fourth-order valence-corrected chi connectivity index (χ4v) is 3.60. The van der Waals surface area contributed by atoms with Crippen molar-refractivity contribution in [1.29, 1.82) is 0 Å². The van der Waals surface area contributed by atoms with Gasteiger partial charge < -0.3 is 14.6 Å². The summed E-state index contributed by atoms with van der Waals surface area (Å²) in [6.07, 6.45) is 2.43. The van der Waals surface area contributed by atoms with Gasteiger partial charge in [0.25, 0.3) is 0 Å². The summed E-state index contributed by atoms with van der Waals surface area (Å²) in [5.41, 5.74) is 3.17. The molecule has 0 aliphatic rings. The molecule has 0 radical (unpaired) electrons. The van der Waals surface area contributed by atoms with Crippen LogP contribution in [0.3, 0.4) is 0 Å². The summed E-state index contributed by atoms with van der Waals surface area (Å²) in [5, 5.41) is 3.07. The number of hydrogen-bond acceptors (Lipinski definition) is 3. The van der Waals surface area contributed by atoms with Crippen molar-refractivity contribution >= 4 is 16.9 Å². The third-order valence-electron chi connectivity index (χ3n) is 5.26. The average Bonchev–Trinajstić information content (AvgIpc) is 3.07. The lowest BCUT2D eigenvalue weighted by Gasteiger charge is -2.14. The fourth-order valence-electron chi connectivity index (χ4n) is 3.60. The van der Waals surface area contributed by atoms with Gasteiger partial charge in [0.2, 0.25) is 5.91 Å². The van der Waals surface area contributed by atoms with Crippen LogP contribution in [0.5, 0.6) is 5.75 Å². The van der Waals surface area contributed by atoms with Gasteiger partial charge in [-0.1, -0.05) is 44.2 Å². The Balaban J connectivity index is 1.82. The van der Waals surface area contributed by atoms with Crippen molar-refractivity contribution in [1.82, 2.24) is 14.9 Å². The van der Waals surface area contributed by atoms with E-state index in [1.807, 2.05) is 36.4 Å². The molecule has 0 fully saturated rings. The molecule has 1 N–H and O–H groups in total. The van der Waals surface area contributed by atoms with E-state index in [0.29, 0.717) is 19.5 Å². The van der Waals surface area contributed by atoms with Crippen LogP contribution in [-0.4, -0.2) is 29.1 Å². The van der Waals surface area contributed by atoms with Crippen LogP contribution in [-0.2, 0) is 17.8 Å². The molecule has 0 saturated carbocycles. The third-order valence-corrected chi connectivity index (χ3v) is 5.26. The number of imidazole rings is 1. The van der Waals surface area contributed by atoms with Crippen molar-refractivity contribution < 1.29 is 9.53 Å². The van der Waals surface area contributed by atoms with Crippen LogP contribution < -0.4 is 10.1 Å². The second-order valence-electron chi connectivity index (χ2n) is 6.97. The minimum atomic E-state index is 0.0902. The molecular weight excluding hydrogens is 350 g/mol. The quantitative estimate of drug-likeness (QED) is 0.606. The number of rotatable bonds is 9. The van der Waals surface area contributed by atoms with E-state index in [0.717, 1.165) is 41.0 Å². The van der Waals surface area contributed by atoms with E-state index in [4.69, 9.17) is 9.72 Å². The van der Waals surface area contributed by atoms with Crippen molar-refractivity contribution in [2.45, 2.75) is 39.7 Å². The highest BCUT2D eigenvalue weighted by Crippen LogP contribution is 2.23. The molecule has 0 bridgehead atoms. The minimum Gasteiger partial charge on any atom is -0.496 e. The number of fused-ring (bicyclic) bond motifs is 1. The minimum absolute atomic E-state index is 0.0902. The standard InChI is InChI=1S/C23H29N3O2/c1-4-17(5-2)23(27)24-15-14-22-25-19-11-7-8-12-20(19)26(22)16-18-10-6-9-13-21(18)28-3/h6-13,17H,4-5,14-16H2,1-3H3,(H,24,27). The Bertz CT molecular complexity index is 928. The lowest BCUT2D eigenvalue weighted by Crippen LogP contribution is -2.32. The maximum Gasteiger partial charge on any atom is 0.223 e. The maximum atomic E-state index is 12.3. The molecule has 0 aliphatic carbocycles. The van der Waals surface area contributed by atoms with Crippen LogP contribution in [0.15, 0.2) is 48.5 Å². The SMILES string of the molecule is CCC(CC)C(=O)NCCc1nc2ccccc2n1Cc1ccccc1OC. The number of amides is 1. The number of carbonyl (C=O) groups is 1. The van der Waals surface area contributed by atoms with Gasteiger partial charge in [-0.3, -0.25) is 4.79 Å². The first kappa shape index (κ1) is 19.9. The van der Waals surface area contributed by atoms with Gasteiger partial charge in [0.1, 0.15) is 11.6 Å². The van der Waals surface area contributed by atoms with Crippen LogP contribution in [0.2, 0.25) is 0 Å². The number of carbonyl (C=O) groups excluding carboxylic acids is 1. The number of para-hydroxylation sites is 3. The van der Waals surface area contributed by atoms with Crippen molar-refractivity contribution in [2.24, 2.45) is 5.92 Å². The summed E-state index contributed by atoms with van der Waals surface area (Å²) in [7, 11) is 1.69. The maximum absolute atomic E-state index is 12.3. The van der Waals surface area contributed by atoms with Gasteiger partial charge in [0.05, 0.1) is 24.7 Å². The Kier molecular flexibility index (Phi) is 6.69. The van der Waals surface area contributed by atoms with E-state index >= 15 is 0 Å². The van der Waals surface area contributed by atoms with E-state index in [1.165, 1.54) is 0 Å². The van der Waals surface area contributed by atoms with E-state index in [1.54, 1.807) is 7.11 Å². The van der Waals surface area contributed by atoms with Gasteiger partial charge in [-0.15, -0.1) is 0 Å². The third kappa shape index (κ3) is 4.35. The van der Waals surface area contributed by atoms with Gasteiger partial charge in [-0.05, 0) is 31.0 Å². The Labute approximate surface area is 166 Å². The molecule has 0 aliphatic heterocycles. The molecule has 3 rings (SSSR count). The molecule has 0 spiro atoms. The highest BCUT2D eigenvalue weighted by Gasteiger charge is 2.15. The molecule has 1 heterocycles. The number of methoxy groups -OCH3 is 1. The summed E-state index contributed by atoms with van der Waals surface area (Å²) >= 11 is 0. The first-order chi connectivity index (χ1) is 13.7. The fraction of sp³-hybridized carbons (Fsp3) is 0.391. The molecule has 0 atom stereocenters. The molecule has 2 aromatic carbocycles. The zero-order valence-corrected chi connectivity index (χ0v) is 16.9. The van der Waals surface area contributed by atoms with E-state index in [9.17, 15) is 4.79 Å². The Hall–Kier alpha value is -2.82. The van der Waals surface area contributed by atoms with Crippen molar-refractivity contribution in [3.05, 3.63) is 59.9 Å². The molecule has 0 saturated heterocycles. The van der Waals surface area contributed by atoms with Crippen molar-refractivity contribution in [3.8, 4) is 5.75 Å². The Morgan fingerprint density at radius 1 is 1.11 bits per heavy atom. The first-order valence-electron chi connectivity index (χ1n) is 10.0. The van der Waals surface area contributed by atoms with Crippen molar-refractivity contribution in [3.63, 3.8) is 0 Å². The van der Waals surface area contributed by atoms with Gasteiger partial charge in [-0.25, -0.2) is 4.98 Å². The highest BCUT2D eigenvalue weighted by molar-refractivity contribution is 5.78. The lowest BCUT2D eigenvalue weighted by molar-refractivity contribution is -0.125. The zero-order valence-electron chi connectivity index (χ0n) is 16.9. The number of hydrogen-bond donors (Lipinski definition) is 1. The molecule has 1 aromatic heterocycles. The second kappa shape index (κ2) is 9.40. The smallest absolute Gasteiger partial charge is 0.223 e. The summed E-state index contributed by atoms with van der Waals surface area (Å²) in [6.45, 7) is 5.38. The summed E-state index contributed by atoms with van der Waals surface area (Å²) < 4.78 is 7.74. The molecule has 3 aromatic rings. The molecular formula is C23H29N3O2. The Morgan fingerprint density at radius 2 is 1.82 bits per heavy atom. The normalized spacial score (nSPS) is 11.1. The van der Waals surface area contributed by atoms with Gasteiger partial charge in [-0.2, -0.15) is 0 Å². The van der Waals surface area contributed by atoms with Crippen LogP contribution in [0, 0.1) is 5.92 Å². The van der Waals surface area contributed by atoms with Gasteiger partial charge in [0, 0.05) is 24.4 Å². The predicted octanol–water partition coefficient (Wildman–Crippen LogP) is 4.19. The van der Waals surface area contributed by atoms with Crippen LogP contribution in [0.4, 0.5) is 0 Å². The summed E-state index contributed by atoms with van der Waals surface area (Å²) in [4.78, 5) is 17.1. The van der Waals surface area contributed by atoms with Crippen LogP contribution >= 0.6 is 0 Å². The molecule has 28 heavy (non-hydrogen) atoms. The predicted molar refractivity (Wildman–Crippen MR) is 113 cm³/mol. The number of nitrogens with one attached hydrogen (secondary N) is 1. The number of benzene rings is 2. The molecule has 5 heteroatoms. The van der Waals surface area contributed by atoms with Crippen LogP contribution in [0.25, 0.3) is 11.0 Å². The highest BCUT2D eigenvalue weighted by atomic mass is 16.5. The van der Waals surface area contributed by atoms with Gasteiger partial charge in [0.15, 0.2) is 0 Å². The van der Waals surface area contributed by atoms with Gasteiger partial charge >= 0.3 is 0 Å². The molecule has 5 nitrogen and oxygen atoms in total.